The third kappa shape index (κ3) is 6.33. The van der Waals surface area contributed by atoms with E-state index in [4.69, 9.17) is 25.5 Å². The number of hydrogen-bond acceptors (Lipinski definition) is 5. The minimum absolute atomic E-state index is 0.0525. The number of fused-ring (bicyclic) bond motifs is 1. The van der Waals surface area contributed by atoms with Crippen LogP contribution in [0.15, 0.2) is 63.8 Å². The summed E-state index contributed by atoms with van der Waals surface area (Å²) >= 11 is 6.10. The van der Waals surface area contributed by atoms with Crippen LogP contribution in [0.25, 0.3) is 11.0 Å². The Kier molecular flexibility index (Phi) is 7.75. The first-order valence-corrected chi connectivity index (χ1v) is 11.7. The third-order valence-electron chi connectivity index (χ3n) is 5.55. The number of carbonyl (C=O) groups excluding carboxylic acids is 1. The van der Waals surface area contributed by atoms with Gasteiger partial charge in [-0.1, -0.05) is 17.7 Å². The van der Waals surface area contributed by atoms with Gasteiger partial charge in [-0.05, 0) is 67.4 Å². The zero-order valence-corrected chi connectivity index (χ0v) is 21.3. The van der Waals surface area contributed by atoms with Gasteiger partial charge in [0.1, 0.15) is 17.1 Å². The zero-order chi connectivity index (χ0) is 29.4. The molecule has 1 N–H and O–H groups in total. The number of amides is 1. The predicted octanol–water partition coefficient (Wildman–Crippen LogP) is 7.91. The average molecular weight is 586 g/mol. The van der Waals surface area contributed by atoms with E-state index in [-0.39, 0.29) is 22.6 Å². The molecule has 0 saturated carbocycles. The van der Waals surface area contributed by atoms with E-state index in [1.54, 1.807) is 13.8 Å². The molecule has 0 radical (unpaired) electrons. The van der Waals surface area contributed by atoms with Crippen LogP contribution >= 0.6 is 11.6 Å². The summed E-state index contributed by atoms with van der Waals surface area (Å²) in [5, 5.41) is 2.37. The molecule has 1 amide bonds. The van der Waals surface area contributed by atoms with Gasteiger partial charge in [0.25, 0.3) is 11.7 Å². The molecule has 4 aromatic rings. The summed E-state index contributed by atoms with van der Waals surface area (Å²) < 4.78 is 95.8. The molecule has 4 rings (SSSR count). The molecule has 3 aromatic carbocycles. The van der Waals surface area contributed by atoms with Crippen LogP contribution in [0.2, 0.25) is 5.02 Å². The normalized spacial score (nSPS) is 11.9. The van der Waals surface area contributed by atoms with Crippen molar-refractivity contribution in [1.82, 2.24) is 0 Å². The van der Waals surface area contributed by atoms with Gasteiger partial charge in [-0.2, -0.15) is 26.3 Å². The molecule has 0 saturated heterocycles. The molecule has 6 nitrogen and oxygen atoms in total. The number of benzene rings is 3. The van der Waals surface area contributed by atoms with Gasteiger partial charge in [0, 0.05) is 16.8 Å². The Bertz CT molecular complexity index is 1640. The molecule has 0 atom stereocenters. The Morgan fingerprint density at radius 3 is 2.23 bits per heavy atom. The number of ether oxygens (including phenoxy) is 2. The van der Waals surface area contributed by atoms with Crippen LogP contribution in [-0.2, 0) is 17.1 Å². The van der Waals surface area contributed by atoms with E-state index < -0.39 is 53.0 Å². The van der Waals surface area contributed by atoms with Gasteiger partial charge >= 0.3 is 12.4 Å². The average Bonchev–Trinajstić information content (AvgIpc) is 2.86. The highest BCUT2D eigenvalue weighted by Crippen LogP contribution is 2.39. The van der Waals surface area contributed by atoms with Crippen LogP contribution in [0.4, 0.5) is 32.0 Å². The molecule has 40 heavy (non-hydrogen) atoms. The highest BCUT2D eigenvalue weighted by molar-refractivity contribution is 6.32. The lowest BCUT2D eigenvalue weighted by Gasteiger charge is -2.15. The number of nitrogens with one attached hydrogen (secondary N) is 1. The molecule has 1 aromatic heterocycles. The van der Waals surface area contributed by atoms with Gasteiger partial charge in [0.2, 0.25) is 11.2 Å². The first-order valence-electron chi connectivity index (χ1n) is 11.4. The number of rotatable bonds is 6. The maximum absolute atomic E-state index is 13.9. The molecule has 0 unspecified atom stereocenters. The molecule has 13 heteroatoms. The van der Waals surface area contributed by atoms with Crippen molar-refractivity contribution in [2.75, 3.05) is 11.9 Å². The molecule has 0 spiro atoms. The van der Waals surface area contributed by atoms with Crippen LogP contribution in [-0.4, -0.2) is 12.5 Å². The molecule has 0 aliphatic carbocycles. The summed E-state index contributed by atoms with van der Waals surface area (Å²) in [7, 11) is 0. The zero-order valence-electron chi connectivity index (χ0n) is 20.6. The van der Waals surface area contributed by atoms with Crippen LogP contribution in [0.3, 0.4) is 0 Å². The predicted molar refractivity (Wildman–Crippen MR) is 134 cm³/mol. The molecule has 210 valence electrons. The summed E-state index contributed by atoms with van der Waals surface area (Å²) in [6.07, 6.45) is -9.72. The van der Waals surface area contributed by atoms with Crippen molar-refractivity contribution < 1.29 is 45.0 Å². The lowest BCUT2D eigenvalue weighted by molar-refractivity contribution is -0.154. The summed E-state index contributed by atoms with van der Waals surface area (Å²) in [5.74, 6) is -3.79. The van der Waals surface area contributed by atoms with Crippen molar-refractivity contribution in [1.29, 1.82) is 0 Å². The Balaban J connectivity index is 1.59. The van der Waals surface area contributed by atoms with Gasteiger partial charge in [0.15, 0.2) is 6.61 Å². The fraction of sp³-hybridized carbons (Fsp3) is 0.185. The van der Waals surface area contributed by atoms with Crippen LogP contribution in [0.1, 0.15) is 22.5 Å². The maximum Gasteiger partial charge on any atom is 0.453 e. The molecule has 0 aliphatic rings. The lowest BCUT2D eigenvalue weighted by atomic mass is 10.1. The van der Waals surface area contributed by atoms with Crippen molar-refractivity contribution >= 4 is 34.2 Å². The van der Waals surface area contributed by atoms with Gasteiger partial charge < -0.3 is 19.2 Å². The summed E-state index contributed by atoms with van der Waals surface area (Å²) in [4.78, 5) is 25.2. The first-order chi connectivity index (χ1) is 18.6. The second kappa shape index (κ2) is 10.8. The second-order valence-electron chi connectivity index (χ2n) is 8.63. The third-order valence-corrected chi connectivity index (χ3v) is 6.15. The number of hydrogen-bond donors (Lipinski definition) is 1. The SMILES string of the molecule is Cc1cc(Oc2c(C(F)(F)F)oc3cc(OCC(=O)Nc4cccc(C(F)(F)F)c4)ccc3c2=O)cc(C)c1Cl. The van der Waals surface area contributed by atoms with Crippen LogP contribution < -0.4 is 20.2 Å². The molecule has 1 heterocycles. The number of alkyl halides is 6. The van der Waals surface area contributed by atoms with E-state index in [9.17, 15) is 35.9 Å². The fourth-order valence-corrected chi connectivity index (χ4v) is 3.84. The van der Waals surface area contributed by atoms with Gasteiger partial charge in [0.05, 0.1) is 10.9 Å². The molecular weight excluding hydrogens is 568 g/mol. The Morgan fingerprint density at radius 2 is 1.60 bits per heavy atom. The molecule has 0 fully saturated rings. The van der Waals surface area contributed by atoms with E-state index in [0.717, 1.165) is 30.3 Å². The van der Waals surface area contributed by atoms with Crippen LogP contribution in [0.5, 0.6) is 17.2 Å². The summed E-state index contributed by atoms with van der Waals surface area (Å²) in [6.45, 7) is 2.54. The van der Waals surface area contributed by atoms with Gasteiger partial charge in [-0.25, -0.2) is 0 Å². The number of aryl methyl sites for hydroxylation is 2. The first kappa shape index (κ1) is 28.8. The number of anilines is 1. The van der Waals surface area contributed by atoms with E-state index in [0.29, 0.717) is 16.1 Å². The van der Waals surface area contributed by atoms with E-state index >= 15 is 0 Å². The largest absolute Gasteiger partial charge is 0.484 e. The highest BCUT2D eigenvalue weighted by atomic mass is 35.5. The van der Waals surface area contributed by atoms with E-state index in [2.05, 4.69) is 5.32 Å². The monoisotopic (exact) mass is 585 g/mol. The van der Waals surface area contributed by atoms with Gasteiger partial charge in [-0.15, -0.1) is 0 Å². The molecule has 0 bridgehead atoms. The van der Waals surface area contributed by atoms with Crippen molar-refractivity contribution in [2.45, 2.75) is 26.2 Å². The maximum atomic E-state index is 13.9. The Hall–Kier alpha value is -4.19. The number of carbonyl (C=O) groups is 1. The molecule has 0 aliphatic heterocycles. The fourth-order valence-electron chi connectivity index (χ4n) is 3.73. The second-order valence-corrected chi connectivity index (χ2v) is 9.01. The quantitative estimate of drug-likeness (QED) is 0.233. The smallest absolute Gasteiger partial charge is 0.453 e. The van der Waals surface area contributed by atoms with Crippen LogP contribution in [0, 0.1) is 13.8 Å². The minimum Gasteiger partial charge on any atom is -0.484 e. The minimum atomic E-state index is -5.11. The van der Waals surface area contributed by atoms with Crippen molar-refractivity contribution in [2.24, 2.45) is 0 Å². The van der Waals surface area contributed by atoms with Crippen molar-refractivity contribution in [3.05, 3.63) is 92.3 Å². The van der Waals surface area contributed by atoms with E-state index in [1.165, 1.54) is 24.3 Å². The Morgan fingerprint density at radius 1 is 0.925 bits per heavy atom. The number of halogens is 7. The summed E-state index contributed by atoms with van der Waals surface area (Å²) in [5.41, 5.74) is -1.66. The van der Waals surface area contributed by atoms with Gasteiger partial charge in [-0.3, -0.25) is 9.59 Å². The van der Waals surface area contributed by atoms with Crippen molar-refractivity contribution in [3.8, 4) is 17.2 Å². The lowest BCUT2D eigenvalue weighted by Crippen LogP contribution is -2.20. The van der Waals surface area contributed by atoms with Crippen molar-refractivity contribution in [3.63, 3.8) is 0 Å². The standard InChI is InChI=1S/C27H18ClF6NO5/c1-13-8-18(9-14(2)22(13)28)39-24-23(37)19-7-6-17(11-20(19)40-25(24)27(32,33)34)38-12-21(36)35-16-5-3-4-15(10-16)26(29,30)31/h3-11H,12H2,1-2H3,(H,35,36). The Labute approximate surface area is 227 Å². The topological polar surface area (TPSA) is 77.8 Å². The summed E-state index contributed by atoms with van der Waals surface area (Å²) in [6, 6.07) is 9.98. The highest BCUT2D eigenvalue weighted by Gasteiger charge is 2.40. The molecular formula is C27H18ClF6NO5. The van der Waals surface area contributed by atoms with E-state index in [1.807, 2.05) is 0 Å².